The summed E-state index contributed by atoms with van der Waals surface area (Å²) in [5.41, 5.74) is 2.31. The SMILES string of the molecule is O=C1CCCc2cc(C(=O)Nc3nnc(-c4cccs4)s3)ccc2N1. The van der Waals surface area contributed by atoms with Gasteiger partial charge < -0.3 is 5.32 Å². The van der Waals surface area contributed by atoms with E-state index in [1.807, 2.05) is 23.6 Å². The van der Waals surface area contributed by atoms with Crippen LogP contribution in [0, 0.1) is 0 Å². The average molecular weight is 370 g/mol. The zero-order chi connectivity index (χ0) is 17.2. The molecule has 0 aliphatic carbocycles. The lowest BCUT2D eigenvalue weighted by atomic mass is 10.0. The van der Waals surface area contributed by atoms with Crippen molar-refractivity contribution in [3.05, 3.63) is 46.8 Å². The molecule has 2 aromatic heterocycles. The normalized spacial score (nSPS) is 13.7. The van der Waals surface area contributed by atoms with E-state index in [-0.39, 0.29) is 11.8 Å². The monoisotopic (exact) mass is 370 g/mol. The number of aryl methyl sites for hydroxylation is 1. The smallest absolute Gasteiger partial charge is 0.257 e. The van der Waals surface area contributed by atoms with Gasteiger partial charge in [0.05, 0.1) is 4.88 Å². The standard InChI is InChI=1S/C17H14N4O2S2/c22-14-5-1-3-10-9-11(6-7-12(10)18-14)15(23)19-17-21-20-16(25-17)13-4-2-8-24-13/h2,4,6-9H,1,3,5H2,(H,18,22)(H,19,21,23). The van der Waals surface area contributed by atoms with Gasteiger partial charge >= 0.3 is 0 Å². The predicted molar refractivity (Wildman–Crippen MR) is 99.2 cm³/mol. The van der Waals surface area contributed by atoms with Gasteiger partial charge in [0.25, 0.3) is 5.91 Å². The molecule has 0 bridgehead atoms. The third kappa shape index (κ3) is 3.45. The second-order valence-corrected chi connectivity index (χ2v) is 7.54. The number of anilines is 2. The summed E-state index contributed by atoms with van der Waals surface area (Å²) >= 11 is 2.93. The van der Waals surface area contributed by atoms with Crippen LogP contribution < -0.4 is 10.6 Å². The fourth-order valence-corrected chi connectivity index (χ4v) is 4.19. The quantitative estimate of drug-likeness (QED) is 0.735. The van der Waals surface area contributed by atoms with Crippen molar-refractivity contribution in [2.75, 3.05) is 10.6 Å². The molecule has 1 aliphatic heterocycles. The van der Waals surface area contributed by atoms with Gasteiger partial charge in [0.15, 0.2) is 5.01 Å². The molecular weight excluding hydrogens is 356 g/mol. The molecule has 126 valence electrons. The fourth-order valence-electron chi connectivity index (χ4n) is 2.66. The van der Waals surface area contributed by atoms with Gasteiger partial charge in [0, 0.05) is 17.7 Å². The van der Waals surface area contributed by atoms with Crippen molar-refractivity contribution in [3.63, 3.8) is 0 Å². The van der Waals surface area contributed by atoms with Crippen molar-refractivity contribution in [3.8, 4) is 9.88 Å². The van der Waals surface area contributed by atoms with E-state index in [1.165, 1.54) is 11.3 Å². The molecule has 1 aliphatic rings. The third-order valence-corrected chi connectivity index (χ3v) is 5.75. The molecule has 6 nitrogen and oxygen atoms in total. The second kappa shape index (κ2) is 6.73. The first-order valence-corrected chi connectivity index (χ1v) is 9.50. The van der Waals surface area contributed by atoms with Crippen LogP contribution in [0.5, 0.6) is 0 Å². The molecule has 0 saturated heterocycles. The summed E-state index contributed by atoms with van der Waals surface area (Å²) in [5.74, 6) is -0.210. The number of nitrogens with zero attached hydrogens (tertiary/aromatic N) is 2. The van der Waals surface area contributed by atoms with Crippen LogP contribution in [-0.4, -0.2) is 22.0 Å². The summed E-state index contributed by atoms with van der Waals surface area (Å²) in [6.07, 6.45) is 2.06. The lowest BCUT2D eigenvalue weighted by Crippen LogP contribution is -2.13. The minimum absolute atomic E-state index is 0.0194. The Morgan fingerprint density at radius 1 is 1.20 bits per heavy atom. The molecule has 0 atom stereocenters. The molecule has 3 heterocycles. The van der Waals surface area contributed by atoms with Crippen LogP contribution in [0.1, 0.15) is 28.8 Å². The molecule has 0 spiro atoms. The van der Waals surface area contributed by atoms with Crippen molar-refractivity contribution in [2.45, 2.75) is 19.3 Å². The zero-order valence-electron chi connectivity index (χ0n) is 13.1. The number of fused-ring (bicyclic) bond motifs is 1. The minimum Gasteiger partial charge on any atom is -0.326 e. The molecule has 0 saturated carbocycles. The highest BCUT2D eigenvalue weighted by molar-refractivity contribution is 7.23. The van der Waals surface area contributed by atoms with Crippen LogP contribution >= 0.6 is 22.7 Å². The van der Waals surface area contributed by atoms with Crippen molar-refractivity contribution in [1.29, 1.82) is 0 Å². The van der Waals surface area contributed by atoms with Crippen LogP contribution in [0.2, 0.25) is 0 Å². The number of amides is 2. The number of benzene rings is 1. The topological polar surface area (TPSA) is 84.0 Å². The highest BCUT2D eigenvalue weighted by Crippen LogP contribution is 2.30. The molecule has 8 heteroatoms. The van der Waals surface area contributed by atoms with E-state index in [9.17, 15) is 9.59 Å². The lowest BCUT2D eigenvalue weighted by molar-refractivity contribution is -0.116. The van der Waals surface area contributed by atoms with E-state index in [0.29, 0.717) is 17.1 Å². The first-order valence-electron chi connectivity index (χ1n) is 7.80. The second-order valence-electron chi connectivity index (χ2n) is 5.62. The van der Waals surface area contributed by atoms with Crippen molar-refractivity contribution < 1.29 is 9.59 Å². The predicted octanol–water partition coefficient (Wildman–Crippen LogP) is 3.79. The molecule has 2 amide bonds. The summed E-state index contributed by atoms with van der Waals surface area (Å²) in [4.78, 5) is 25.1. The number of hydrogen-bond donors (Lipinski definition) is 2. The Labute approximate surface area is 151 Å². The van der Waals surface area contributed by atoms with Gasteiger partial charge in [-0.05, 0) is 48.1 Å². The Kier molecular flexibility index (Phi) is 4.29. The van der Waals surface area contributed by atoms with Gasteiger partial charge in [-0.15, -0.1) is 21.5 Å². The van der Waals surface area contributed by atoms with Crippen LogP contribution in [0.3, 0.4) is 0 Å². The van der Waals surface area contributed by atoms with E-state index in [4.69, 9.17) is 0 Å². The van der Waals surface area contributed by atoms with Crippen LogP contribution in [-0.2, 0) is 11.2 Å². The number of nitrogens with one attached hydrogen (secondary N) is 2. The maximum Gasteiger partial charge on any atom is 0.257 e. The highest BCUT2D eigenvalue weighted by atomic mass is 32.1. The lowest BCUT2D eigenvalue weighted by Gasteiger charge is -2.08. The Morgan fingerprint density at radius 2 is 2.12 bits per heavy atom. The molecule has 0 radical (unpaired) electrons. The van der Waals surface area contributed by atoms with Crippen molar-refractivity contribution >= 4 is 45.3 Å². The van der Waals surface area contributed by atoms with Crippen LogP contribution in [0.4, 0.5) is 10.8 Å². The minimum atomic E-state index is -0.229. The van der Waals surface area contributed by atoms with Crippen LogP contribution in [0.15, 0.2) is 35.7 Å². The van der Waals surface area contributed by atoms with Crippen molar-refractivity contribution in [2.24, 2.45) is 0 Å². The van der Waals surface area contributed by atoms with Crippen molar-refractivity contribution in [1.82, 2.24) is 10.2 Å². The molecule has 4 rings (SSSR count). The summed E-state index contributed by atoms with van der Waals surface area (Å²) < 4.78 is 0. The summed E-state index contributed by atoms with van der Waals surface area (Å²) in [6, 6.07) is 9.24. The van der Waals surface area contributed by atoms with Gasteiger partial charge in [-0.2, -0.15) is 0 Å². The molecule has 0 unspecified atom stereocenters. The maximum absolute atomic E-state index is 12.5. The number of rotatable bonds is 3. The Hall–Kier alpha value is -2.58. The van der Waals surface area contributed by atoms with E-state index >= 15 is 0 Å². The Bertz CT molecular complexity index is 934. The van der Waals surface area contributed by atoms with E-state index in [0.717, 1.165) is 34.0 Å². The fraction of sp³-hybridized carbons (Fsp3) is 0.176. The third-order valence-electron chi connectivity index (χ3n) is 3.87. The largest absolute Gasteiger partial charge is 0.326 e. The zero-order valence-corrected chi connectivity index (χ0v) is 14.7. The average Bonchev–Trinajstić information content (AvgIpc) is 3.24. The maximum atomic E-state index is 12.5. The first kappa shape index (κ1) is 15.9. The molecular formula is C17H14N4O2S2. The van der Waals surface area contributed by atoms with Gasteiger partial charge in [-0.3, -0.25) is 14.9 Å². The number of hydrogen-bond acceptors (Lipinski definition) is 6. The Balaban J connectivity index is 1.52. The van der Waals surface area contributed by atoms with Crippen LogP contribution in [0.25, 0.3) is 9.88 Å². The van der Waals surface area contributed by atoms with E-state index in [2.05, 4.69) is 20.8 Å². The summed E-state index contributed by atoms with van der Waals surface area (Å²) in [6.45, 7) is 0. The van der Waals surface area contributed by atoms with Gasteiger partial charge in [-0.25, -0.2) is 0 Å². The first-order chi connectivity index (χ1) is 12.2. The van der Waals surface area contributed by atoms with E-state index in [1.54, 1.807) is 23.5 Å². The van der Waals surface area contributed by atoms with Gasteiger partial charge in [0.2, 0.25) is 11.0 Å². The highest BCUT2D eigenvalue weighted by Gasteiger charge is 2.16. The summed E-state index contributed by atoms with van der Waals surface area (Å²) in [5, 5.41) is 17.0. The van der Waals surface area contributed by atoms with E-state index < -0.39 is 0 Å². The summed E-state index contributed by atoms with van der Waals surface area (Å²) in [7, 11) is 0. The number of thiophene rings is 1. The molecule has 1 aromatic carbocycles. The number of aromatic nitrogens is 2. The van der Waals surface area contributed by atoms with Gasteiger partial charge in [0.1, 0.15) is 0 Å². The number of carbonyl (C=O) groups excluding carboxylic acids is 2. The van der Waals surface area contributed by atoms with Gasteiger partial charge in [-0.1, -0.05) is 17.4 Å². The molecule has 3 aromatic rings. The molecule has 25 heavy (non-hydrogen) atoms. The number of carbonyl (C=O) groups is 2. The Morgan fingerprint density at radius 3 is 2.96 bits per heavy atom. The molecule has 2 N–H and O–H groups in total. The molecule has 0 fully saturated rings.